The number of benzene rings is 1. The van der Waals surface area contributed by atoms with Crippen molar-refractivity contribution in [2.24, 2.45) is 0 Å². The number of nitrogens with two attached hydrogens (primary N) is 1. The first-order valence-corrected chi connectivity index (χ1v) is 13.8. The number of sulfonamides is 1. The molecule has 0 spiro atoms. The molecule has 3 rings (SSSR count). The number of nitrogens with one attached hydrogen (secondary N) is 3. The smallest absolute Gasteiger partial charge is 0.294 e. The Balaban J connectivity index is 1.75. The third kappa shape index (κ3) is 7.87. The SMILES string of the molecule is CS(=O)(=O)NC1CCC(Nc2nc(N)nc(Nc3cc(S(=O)(=O)O)ccc3SOOO)n2)CC1. The van der Waals surface area contributed by atoms with Crippen molar-refractivity contribution in [3.8, 4) is 0 Å². The number of nitrogen functional groups attached to an aromatic ring is 1. The van der Waals surface area contributed by atoms with E-state index in [1.165, 1.54) is 6.07 Å². The molecule has 1 aromatic heterocycles. The van der Waals surface area contributed by atoms with Gasteiger partial charge in [0.2, 0.25) is 27.9 Å². The van der Waals surface area contributed by atoms with E-state index in [0.29, 0.717) is 37.7 Å². The molecule has 0 unspecified atom stereocenters. The monoisotopic (exact) mass is 537 g/mol. The van der Waals surface area contributed by atoms with E-state index >= 15 is 0 Å². The lowest BCUT2D eigenvalue weighted by Crippen LogP contribution is -2.39. The zero-order chi connectivity index (χ0) is 24.9. The number of nitrogens with zero attached hydrogens (tertiary/aromatic N) is 3. The molecule has 0 amide bonds. The molecule has 18 heteroatoms. The molecule has 1 aliphatic rings. The van der Waals surface area contributed by atoms with Crippen LogP contribution in [0.5, 0.6) is 0 Å². The van der Waals surface area contributed by atoms with Crippen LogP contribution in [-0.4, -0.2) is 59.9 Å². The lowest BCUT2D eigenvalue weighted by atomic mass is 9.92. The van der Waals surface area contributed by atoms with Gasteiger partial charge in [-0.1, -0.05) is 5.04 Å². The molecule has 0 aliphatic heterocycles. The second-order valence-electron chi connectivity index (χ2n) is 7.41. The lowest BCUT2D eigenvalue weighted by Gasteiger charge is -2.29. The minimum absolute atomic E-state index is 0.0312. The predicted octanol–water partition coefficient (Wildman–Crippen LogP) is 1.14. The van der Waals surface area contributed by atoms with Crippen molar-refractivity contribution in [3.63, 3.8) is 0 Å². The molecule has 188 valence electrons. The molecule has 1 aromatic carbocycles. The maximum Gasteiger partial charge on any atom is 0.294 e. The Labute approximate surface area is 199 Å². The minimum atomic E-state index is -4.51. The molecule has 1 aliphatic carbocycles. The summed E-state index contributed by atoms with van der Waals surface area (Å²) in [6.45, 7) is 0. The molecule has 2 aromatic rings. The molecule has 0 saturated heterocycles. The van der Waals surface area contributed by atoms with Crippen molar-refractivity contribution in [2.75, 3.05) is 22.6 Å². The Hall–Kier alpha value is -2.32. The summed E-state index contributed by atoms with van der Waals surface area (Å²) >= 11 is 0.548. The molecule has 34 heavy (non-hydrogen) atoms. The van der Waals surface area contributed by atoms with Gasteiger partial charge in [0.1, 0.15) is 0 Å². The highest BCUT2D eigenvalue weighted by Crippen LogP contribution is 2.32. The highest BCUT2D eigenvalue weighted by atomic mass is 32.2. The van der Waals surface area contributed by atoms with E-state index in [4.69, 9.17) is 11.0 Å². The summed E-state index contributed by atoms with van der Waals surface area (Å²) in [6.07, 6.45) is 3.71. The van der Waals surface area contributed by atoms with Gasteiger partial charge in [0.25, 0.3) is 10.1 Å². The van der Waals surface area contributed by atoms with Crippen LogP contribution in [0.15, 0.2) is 28.0 Å². The summed E-state index contributed by atoms with van der Waals surface area (Å²) in [5.74, 6) is -0.00575. The van der Waals surface area contributed by atoms with Crippen LogP contribution in [0.2, 0.25) is 0 Å². The van der Waals surface area contributed by atoms with Crippen LogP contribution in [0.4, 0.5) is 23.5 Å². The van der Waals surface area contributed by atoms with Gasteiger partial charge < -0.3 is 16.4 Å². The fourth-order valence-electron chi connectivity index (χ4n) is 3.37. The number of aromatic nitrogens is 3. The minimum Gasteiger partial charge on any atom is -0.368 e. The molecular weight excluding hydrogens is 514 g/mol. The fraction of sp³-hybridized carbons (Fsp3) is 0.438. The quantitative estimate of drug-likeness (QED) is 0.108. The average molecular weight is 538 g/mol. The topological polar surface area (TPSA) is 228 Å². The van der Waals surface area contributed by atoms with Gasteiger partial charge in [-0.2, -0.15) is 23.4 Å². The van der Waals surface area contributed by atoms with Gasteiger partial charge in [-0.05, 0) is 43.9 Å². The van der Waals surface area contributed by atoms with Gasteiger partial charge >= 0.3 is 0 Å². The van der Waals surface area contributed by atoms with Gasteiger partial charge in [0, 0.05) is 12.1 Å². The standard InChI is InChI=1S/C16H23N7O8S3/c1-33(25,26)23-10-4-2-9(3-5-10)18-15-20-14(17)21-16(22-15)19-12-8-11(34(27,28)29)6-7-13(12)32-31-30-24/h6-10,23-24H,2-5H2,1H3,(H,27,28,29)(H4,17,18,19,20,21,22). The van der Waals surface area contributed by atoms with Crippen LogP contribution in [0.1, 0.15) is 25.7 Å². The Kier molecular flexibility index (Phi) is 8.47. The molecular formula is C16H23N7O8S3. The van der Waals surface area contributed by atoms with E-state index in [-0.39, 0.29) is 40.5 Å². The van der Waals surface area contributed by atoms with Crippen molar-refractivity contribution >= 4 is 55.7 Å². The summed E-state index contributed by atoms with van der Waals surface area (Å²) in [4.78, 5) is 12.1. The third-order valence-electron chi connectivity index (χ3n) is 4.74. The van der Waals surface area contributed by atoms with Crippen molar-refractivity contribution < 1.29 is 36.0 Å². The van der Waals surface area contributed by atoms with Crippen LogP contribution < -0.4 is 21.1 Å². The first-order valence-electron chi connectivity index (χ1n) is 9.71. The lowest BCUT2D eigenvalue weighted by molar-refractivity contribution is -0.432. The average Bonchev–Trinajstić information content (AvgIpc) is 2.72. The number of anilines is 4. The maximum atomic E-state index is 11.5. The van der Waals surface area contributed by atoms with Crippen LogP contribution in [0.25, 0.3) is 0 Å². The molecule has 1 saturated carbocycles. The molecule has 15 nitrogen and oxygen atoms in total. The van der Waals surface area contributed by atoms with Crippen molar-refractivity contribution in [2.45, 2.75) is 47.6 Å². The highest BCUT2D eigenvalue weighted by Gasteiger charge is 2.24. The normalized spacial score (nSPS) is 19.0. The summed E-state index contributed by atoms with van der Waals surface area (Å²) < 4.78 is 62.2. The Bertz CT molecular complexity index is 1220. The largest absolute Gasteiger partial charge is 0.368 e. The maximum absolute atomic E-state index is 11.5. The van der Waals surface area contributed by atoms with E-state index in [0.717, 1.165) is 18.4 Å². The first kappa shape index (κ1) is 26.3. The van der Waals surface area contributed by atoms with E-state index < -0.39 is 25.0 Å². The van der Waals surface area contributed by atoms with Crippen molar-refractivity contribution in [3.05, 3.63) is 18.2 Å². The van der Waals surface area contributed by atoms with Crippen LogP contribution in [0, 0.1) is 0 Å². The third-order valence-corrected chi connectivity index (χ3v) is 7.02. The van der Waals surface area contributed by atoms with Gasteiger partial charge in [0.15, 0.2) is 0 Å². The van der Waals surface area contributed by atoms with Crippen molar-refractivity contribution in [1.82, 2.24) is 19.7 Å². The number of hydrogen-bond acceptors (Lipinski definition) is 14. The Morgan fingerprint density at radius 2 is 1.71 bits per heavy atom. The first-order chi connectivity index (χ1) is 15.9. The van der Waals surface area contributed by atoms with E-state index in [1.54, 1.807) is 0 Å². The summed E-state index contributed by atoms with van der Waals surface area (Å²) in [5, 5.41) is 17.9. The van der Waals surface area contributed by atoms with E-state index in [9.17, 15) is 21.4 Å². The van der Waals surface area contributed by atoms with Crippen LogP contribution >= 0.6 is 12.0 Å². The summed E-state index contributed by atoms with van der Waals surface area (Å²) in [6, 6.07) is 3.34. The van der Waals surface area contributed by atoms with Gasteiger partial charge in [0.05, 0.1) is 33.8 Å². The number of hydrogen-bond donors (Lipinski definition) is 6. The zero-order valence-corrected chi connectivity index (χ0v) is 20.2. The van der Waals surface area contributed by atoms with Gasteiger partial charge in [-0.3, -0.25) is 4.55 Å². The molecule has 1 fully saturated rings. The molecule has 1 heterocycles. The number of rotatable bonds is 10. The van der Waals surface area contributed by atoms with Gasteiger partial charge in [-0.15, -0.1) is 4.33 Å². The molecule has 7 N–H and O–H groups in total. The molecule has 0 atom stereocenters. The van der Waals surface area contributed by atoms with Crippen LogP contribution in [0.3, 0.4) is 0 Å². The summed E-state index contributed by atoms with van der Waals surface area (Å²) in [5.41, 5.74) is 5.89. The molecule has 0 radical (unpaired) electrons. The second-order valence-corrected chi connectivity index (χ2v) is 11.4. The Morgan fingerprint density at radius 3 is 2.32 bits per heavy atom. The zero-order valence-electron chi connectivity index (χ0n) is 17.7. The van der Waals surface area contributed by atoms with E-state index in [2.05, 4.69) is 39.7 Å². The predicted molar refractivity (Wildman–Crippen MR) is 122 cm³/mol. The van der Waals surface area contributed by atoms with Crippen LogP contribution in [-0.2, 0) is 29.5 Å². The van der Waals surface area contributed by atoms with Crippen molar-refractivity contribution in [1.29, 1.82) is 0 Å². The fourth-order valence-corrected chi connectivity index (χ4v) is 5.14. The second kappa shape index (κ2) is 11.0. The van der Waals surface area contributed by atoms with Gasteiger partial charge in [-0.25, -0.2) is 18.4 Å². The highest BCUT2D eigenvalue weighted by molar-refractivity contribution is 7.94. The van der Waals surface area contributed by atoms with E-state index in [1.807, 2.05) is 0 Å². The molecule has 0 bridgehead atoms. The Morgan fingerprint density at radius 1 is 1.06 bits per heavy atom. The summed E-state index contributed by atoms with van der Waals surface area (Å²) in [7, 11) is -7.79.